The Morgan fingerprint density at radius 3 is 2.31 bits per heavy atom. The van der Waals surface area contributed by atoms with Crippen molar-refractivity contribution in [1.82, 2.24) is 10.2 Å². The molecule has 5 heteroatoms. The van der Waals surface area contributed by atoms with E-state index < -0.39 is 0 Å². The molecule has 0 spiro atoms. The fraction of sp³-hybridized carbons (Fsp3) is 0.667. The molecule has 2 fully saturated rings. The first-order valence-corrected chi connectivity index (χ1v) is 11.4. The molecule has 0 aromatic heterocycles. The van der Waals surface area contributed by atoms with Gasteiger partial charge in [0.1, 0.15) is 0 Å². The van der Waals surface area contributed by atoms with Gasteiger partial charge in [-0.15, -0.1) is 0 Å². The van der Waals surface area contributed by atoms with E-state index in [-0.39, 0.29) is 17.7 Å². The van der Waals surface area contributed by atoms with Crippen molar-refractivity contribution < 1.29 is 9.59 Å². The summed E-state index contributed by atoms with van der Waals surface area (Å²) < 4.78 is 0. The second kappa shape index (κ2) is 10.1. The first-order chi connectivity index (χ1) is 14.0. The van der Waals surface area contributed by atoms with Crippen molar-refractivity contribution in [3.05, 3.63) is 29.3 Å². The maximum absolute atomic E-state index is 13.0. The predicted octanol–water partition coefficient (Wildman–Crippen LogP) is 3.67. The summed E-state index contributed by atoms with van der Waals surface area (Å²) in [6.07, 6.45) is 5.52. The van der Waals surface area contributed by atoms with Crippen molar-refractivity contribution in [3.8, 4) is 0 Å². The number of anilines is 1. The van der Waals surface area contributed by atoms with Crippen LogP contribution in [0, 0.1) is 25.7 Å². The van der Waals surface area contributed by atoms with Crippen LogP contribution >= 0.6 is 0 Å². The maximum Gasteiger partial charge on any atom is 0.225 e. The molecule has 0 bridgehead atoms. The average Bonchev–Trinajstić information content (AvgIpc) is 2.75. The fourth-order valence-corrected chi connectivity index (χ4v) is 4.64. The average molecular weight is 400 g/mol. The van der Waals surface area contributed by atoms with E-state index in [1.165, 1.54) is 16.8 Å². The standard InChI is InChI=1S/C24H37N3O2/c1-4-5-13-25-23(28)20-9-11-21(12-10-20)24(29)27-16-14-26(15-17-27)22-8-6-7-18(2)19(22)3/h6-8,20-21H,4-5,9-17H2,1-3H3,(H,25,28). The lowest BCUT2D eigenvalue weighted by Crippen LogP contribution is -2.51. The van der Waals surface area contributed by atoms with Crippen LogP contribution < -0.4 is 10.2 Å². The van der Waals surface area contributed by atoms with Crippen LogP contribution in [0.1, 0.15) is 56.6 Å². The lowest BCUT2D eigenvalue weighted by molar-refractivity contribution is -0.138. The third-order valence-corrected chi connectivity index (χ3v) is 6.78. The number of hydrogen-bond acceptors (Lipinski definition) is 3. The molecule has 1 aromatic rings. The van der Waals surface area contributed by atoms with Gasteiger partial charge in [0.2, 0.25) is 11.8 Å². The first kappa shape index (κ1) is 21.7. The zero-order valence-electron chi connectivity index (χ0n) is 18.4. The van der Waals surface area contributed by atoms with Gasteiger partial charge in [-0.1, -0.05) is 25.5 Å². The number of nitrogens with one attached hydrogen (secondary N) is 1. The zero-order chi connectivity index (χ0) is 20.8. The van der Waals surface area contributed by atoms with Gasteiger partial charge in [0, 0.05) is 50.2 Å². The van der Waals surface area contributed by atoms with E-state index in [0.29, 0.717) is 5.91 Å². The van der Waals surface area contributed by atoms with Crippen LogP contribution in [0.5, 0.6) is 0 Å². The van der Waals surface area contributed by atoms with E-state index in [2.05, 4.69) is 49.2 Å². The van der Waals surface area contributed by atoms with Gasteiger partial charge < -0.3 is 15.1 Å². The molecule has 29 heavy (non-hydrogen) atoms. The molecule has 1 aliphatic heterocycles. The first-order valence-electron chi connectivity index (χ1n) is 11.4. The molecular weight excluding hydrogens is 362 g/mol. The molecular formula is C24H37N3O2. The minimum Gasteiger partial charge on any atom is -0.368 e. The number of rotatable bonds is 6. The largest absolute Gasteiger partial charge is 0.368 e. The molecule has 1 aliphatic carbocycles. The summed E-state index contributed by atoms with van der Waals surface area (Å²) in [6.45, 7) is 10.6. The zero-order valence-corrected chi connectivity index (χ0v) is 18.4. The van der Waals surface area contributed by atoms with Crippen LogP contribution in [0.15, 0.2) is 18.2 Å². The van der Waals surface area contributed by atoms with Crippen LogP contribution in [0.2, 0.25) is 0 Å². The van der Waals surface area contributed by atoms with Gasteiger partial charge in [0.05, 0.1) is 0 Å². The van der Waals surface area contributed by atoms with E-state index in [9.17, 15) is 9.59 Å². The summed E-state index contributed by atoms with van der Waals surface area (Å²) in [5, 5.41) is 3.05. The van der Waals surface area contributed by atoms with Crippen molar-refractivity contribution in [3.63, 3.8) is 0 Å². The molecule has 1 saturated heterocycles. The number of benzene rings is 1. The number of carbonyl (C=O) groups is 2. The van der Waals surface area contributed by atoms with E-state index in [1.807, 2.05) is 4.90 Å². The van der Waals surface area contributed by atoms with Gasteiger partial charge in [-0.3, -0.25) is 9.59 Å². The summed E-state index contributed by atoms with van der Waals surface area (Å²) in [5.74, 6) is 0.681. The van der Waals surface area contributed by atoms with Crippen LogP contribution in [0.25, 0.3) is 0 Å². The molecule has 0 atom stereocenters. The van der Waals surface area contributed by atoms with Crippen molar-refractivity contribution >= 4 is 17.5 Å². The van der Waals surface area contributed by atoms with Crippen LogP contribution in [-0.2, 0) is 9.59 Å². The summed E-state index contributed by atoms with van der Waals surface area (Å²) in [4.78, 5) is 29.7. The Bertz CT molecular complexity index is 702. The van der Waals surface area contributed by atoms with Gasteiger partial charge in [0.15, 0.2) is 0 Å². The number of unbranched alkanes of at least 4 members (excludes halogenated alkanes) is 1. The molecule has 160 valence electrons. The lowest BCUT2D eigenvalue weighted by Gasteiger charge is -2.39. The van der Waals surface area contributed by atoms with Gasteiger partial charge in [-0.2, -0.15) is 0 Å². The third kappa shape index (κ3) is 5.31. The lowest BCUT2D eigenvalue weighted by atomic mass is 9.81. The van der Waals surface area contributed by atoms with E-state index >= 15 is 0 Å². The number of hydrogen-bond donors (Lipinski definition) is 1. The maximum atomic E-state index is 13.0. The molecule has 1 N–H and O–H groups in total. The molecule has 1 saturated carbocycles. The number of nitrogens with zero attached hydrogens (tertiary/aromatic N) is 2. The second-order valence-corrected chi connectivity index (χ2v) is 8.72. The highest BCUT2D eigenvalue weighted by Crippen LogP contribution is 2.31. The highest BCUT2D eigenvalue weighted by Gasteiger charge is 2.33. The third-order valence-electron chi connectivity index (χ3n) is 6.78. The topological polar surface area (TPSA) is 52.7 Å². The van der Waals surface area contributed by atoms with Crippen molar-refractivity contribution in [2.45, 2.75) is 59.3 Å². The van der Waals surface area contributed by atoms with Crippen LogP contribution in [0.3, 0.4) is 0 Å². The Morgan fingerprint density at radius 1 is 1.00 bits per heavy atom. The molecule has 0 radical (unpaired) electrons. The van der Waals surface area contributed by atoms with E-state index in [1.54, 1.807) is 0 Å². The Balaban J connectivity index is 1.45. The van der Waals surface area contributed by atoms with Gasteiger partial charge in [-0.25, -0.2) is 0 Å². The SMILES string of the molecule is CCCCNC(=O)C1CCC(C(=O)N2CCN(c3cccc(C)c3C)CC2)CC1. The van der Waals surface area contributed by atoms with Crippen molar-refractivity contribution in [1.29, 1.82) is 0 Å². The van der Waals surface area contributed by atoms with Crippen molar-refractivity contribution in [2.24, 2.45) is 11.8 Å². The molecule has 1 aromatic carbocycles. The molecule has 5 nitrogen and oxygen atoms in total. The molecule has 0 unspecified atom stereocenters. The van der Waals surface area contributed by atoms with Crippen LogP contribution in [0.4, 0.5) is 5.69 Å². The summed E-state index contributed by atoms with van der Waals surface area (Å²) in [5.41, 5.74) is 3.95. The number of carbonyl (C=O) groups excluding carboxylic acids is 2. The number of amides is 2. The quantitative estimate of drug-likeness (QED) is 0.743. The predicted molar refractivity (Wildman–Crippen MR) is 118 cm³/mol. The Labute approximate surface area is 175 Å². The Morgan fingerprint density at radius 2 is 1.66 bits per heavy atom. The van der Waals surface area contributed by atoms with E-state index in [4.69, 9.17) is 0 Å². The minimum atomic E-state index is 0.0945. The van der Waals surface area contributed by atoms with E-state index in [0.717, 1.165) is 71.2 Å². The normalized spacial score (nSPS) is 22.4. The van der Waals surface area contributed by atoms with Gasteiger partial charge >= 0.3 is 0 Å². The summed E-state index contributed by atoms with van der Waals surface area (Å²) >= 11 is 0. The summed E-state index contributed by atoms with van der Waals surface area (Å²) in [6, 6.07) is 6.46. The number of piperazine rings is 1. The molecule has 1 heterocycles. The highest BCUT2D eigenvalue weighted by atomic mass is 16.2. The molecule has 3 rings (SSSR count). The van der Waals surface area contributed by atoms with Crippen molar-refractivity contribution in [2.75, 3.05) is 37.6 Å². The monoisotopic (exact) mass is 399 g/mol. The van der Waals surface area contributed by atoms with Crippen LogP contribution in [-0.4, -0.2) is 49.4 Å². The fourth-order valence-electron chi connectivity index (χ4n) is 4.64. The minimum absolute atomic E-state index is 0.0945. The Kier molecular flexibility index (Phi) is 7.57. The number of aryl methyl sites for hydroxylation is 1. The summed E-state index contributed by atoms with van der Waals surface area (Å²) in [7, 11) is 0. The van der Waals surface area contributed by atoms with Gasteiger partial charge in [-0.05, 0) is 63.1 Å². The Hall–Kier alpha value is -2.04. The highest BCUT2D eigenvalue weighted by molar-refractivity contribution is 5.81. The second-order valence-electron chi connectivity index (χ2n) is 8.72. The molecule has 2 aliphatic rings. The molecule has 2 amide bonds. The smallest absolute Gasteiger partial charge is 0.225 e. The van der Waals surface area contributed by atoms with Gasteiger partial charge in [0.25, 0.3) is 0 Å².